The molecule has 0 radical (unpaired) electrons. The van der Waals surface area contributed by atoms with Crippen LogP contribution in [0.4, 0.5) is 5.69 Å². The summed E-state index contributed by atoms with van der Waals surface area (Å²) in [5.41, 5.74) is 1.30. The Bertz CT molecular complexity index is 1100. The first-order chi connectivity index (χ1) is 14.0. The third-order valence-electron chi connectivity index (χ3n) is 5.40. The van der Waals surface area contributed by atoms with Crippen molar-refractivity contribution >= 4 is 16.6 Å². The van der Waals surface area contributed by atoms with Crippen LogP contribution in [0, 0.1) is 10.1 Å². The Morgan fingerprint density at radius 2 is 1.97 bits per heavy atom. The van der Waals surface area contributed by atoms with Gasteiger partial charge in [0.1, 0.15) is 11.2 Å². The number of benzene rings is 1. The first-order valence-electron chi connectivity index (χ1n) is 9.89. The van der Waals surface area contributed by atoms with E-state index < -0.39 is 4.92 Å². The zero-order chi connectivity index (χ0) is 20.4. The van der Waals surface area contributed by atoms with E-state index in [1.165, 1.54) is 36.1 Å². The van der Waals surface area contributed by atoms with Crippen LogP contribution in [0.5, 0.6) is 0 Å². The third kappa shape index (κ3) is 3.88. The second kappa shape index (κ2) is 8.08. The van der Waals surface area contributed by atoms with Crippen LogP contribution in [-0.2, 0) is 0 Å². The highest BCUT2D eigenvalue weighted by Gasteiger charge is 2.20. The number of rotatable bonds is 5. The summed E-state index contributed by atoms with van der Waals surface area (Å²) >= 11 is 0. The number of piperidine rings is 1. The van der Waals surface area contributed by atoms with Gasteiger partial charge < -0.3 is 4.90 Å². The van der Waals surface area contributed by atoms with Crippen molar-refractivity contribution in [2.75, 3.05) is 19.6 Å². The molecule has 1 aliphatic rings. The maximum atomic E-state index is 13.1. The molecule has 0 bridgehead atoms. The Hall–Kier alpha value is -3.13. The summed E-state index contributed by atoms with van der Waals surface area (Å²) in [6, 6.07) is 9.62. The topological polar surface area (TPSA) is 94.2 Å². The van der Waals surface area contributed by atoms with Gasteiger partial charge in [-0.1, -0.05) is 18.6 Å². The van der Waals surface area contributed by atoms with Crippen molar-refractivity contribution in [1.29, 1.82) is 0 Å². The van der Waals surface area contributed by atoms with Gasteiger partial charge in [-0.3, -0.25) is 19.9 Å². The van der Waals surface area contributed by atoms with E-state index in [4.69, 9.17) is 0 Å². The first kappa shape index (κ1) is 19.2. The molecule has 1 unspecified atom stereocenters. The Labute approximate surface area is 167 Å². The van der Waals surface area contributed by atoms with Crippen LogP contribution in [0.15, 0.2) is 47.4 Å². The van der Waals surface area contributed by atoms with Gasteiger partial charge in [-0.25, -0.2) is 4.68 Å². The van der Waals surface area contributed by atoms with Gasteiger partial charge in [-0.15, -0.1) is 0 Å². The number of fused-ring (bicyclic) bond motifs is 1. The summed E-state index contributed by atoms with van der Waals surface area (Å²) in [5, 5.41) is 16.3. The Morgan fingerprint density at radius 1 is 1.17 bits per heavy atom. The van der Waals surface area contributed by atoms with Gasteiger partial charge in [-0.2, -0.15) is 5.10 Å². The molecule has 29 heavy (non-hydrogen) atoms. The molecule has 1 fully saturated rings. The SMILES string of the molecule is CC(CN1CCCCC1)n1nc(-c2cccc([N+](=O)[O-])c2)c2ncccc2c1=O. The van der Waals surface area contributed by atoms with E-state index >= 15 is 0 Å². The number of aromatic nitrogens is 3. The van der Waals surface area contributed by atoms with Crippen LogP contribution < -0.4 is 5.56 Å². The van der Waals surface area contributed by atoms with Crippen molar-refractivity contribution < 1.29 is 4.92 Å². The largest absolute Gasteiger partial charge is 0.301 e. The van der Waals surface area contributed by atoms with Crippen molar-refractivity contribution in [3.63, 3.8) is 0 Å². The predicted molar refractivity (Wildman–Crippen MR) is 111 cm³/mol. The normalized spacial score (nSPS) is 16.0. The van der Waals surface area contributed by atoms with Crippen LogP contribution >= 0.6 is 0 Å². The average molecular weight is 393 g/mol. The fourth-order valence-electron chi connectivity index (χ4n) is 3.94. The van der Waals surface area contributed by atoms with E-state index in [-0.39, 0.29) is 17.3 Å². The van der Waals surface area contributed by atoms with Gasteiger partial charge in [0.15, 0.2) is 0 Å². The fraction of sp³-hybridized carbons (Fsp3) is 0.381. The van der Waals surface area contributed by atoms with E-state index in [0.717, 1.165) is 19.6 Å². The molecule has 0 spiro atoms. The molecule has 3 heterocycles. The molecule has 8 heteroatoms. The lowest BCUT2D eigenvalue weighted by atomic mass is 10.1. The van der Waals surface area contributed by atoms with Crippen LogP contribution in [0.3, 0.4) is 0 Å². The predicted octanol–water partition coefficient (Wildman–Crippen LogP) is 3.41. The van der Waals surface area contributed by atoms with Crippen LogP contribution in [0.1, 0.15) is 32.2 Å². The number of nitrogens with zero attached hydrogens (tertiary/aromatic N) is 5. The van der Waals surface area contributed by atoms with Crippen molar-refractivity contribution in [3.05, 3.63) is 63.1 Å². The molecule has 1 saturated heterocycles. The molecule has 0 N–H and O–H groups in total. The lowest BCUT2D eigenvalue weighted by Gasteiger charge is -2.29. The van der Waals surface area contributed by atoms with Gasteiger partial charge >= 0.3 is 0 Å². The number of non-ortho nitro benzene ring substituents is 1. The van der Waals surface area contributed by atoms with Crippen molar-refractivity contribution in [3.8, 4) is 11.3 Å². The third-order valence-corrected chi connectivity index (χ3v) is 5.40. The van der Waals surface area contributed by atoms with E-state index in [0.29, 0.717) is 22.2 Å². The molecular formula is C21H23N5O3. The van der Waals surface area contributed by atoms with Crippen molar-refractivity contribution in [2.24, 2.45) is 0 Å². The van der Waals surface area contributed by atoms with Gasteiger partial charge in [0.25, 0.3) is 11.2 Å². The van der Waals surface area contributed by atoms with Gasteiger partial charge in [0, 0.05) is 30.4 Å². The van der Waals surface area contributed by atoms with Crippen LogP contribution in [-0.4, -0.2) is 44.2 Å². The summed E-state index contributed by atoms with van der Waals surface area (Å²) < 4.78 is 1.51. The van der Waals surface area contributed by atoms with Crippen LogP contribution in [0.2, 0.25) is 0 Å². The molecule has 1 aromatic carbocycles. The highest BCUT2D eigenvalue weighted by atomic mass is 16.6. The molecule has 1 atom stereocenters. The highest BCUT2D eigenvalue weighted by molar-refractivity contribution is 5.90. The lowest BCUT2D eigenvalue weighted by molar-refractivity contribution is -0.384. The summed E-state index contributed by atoms with van der Waals surface area (Å²) in [6.07, 6.45) is 5.21. The first-order valence-corrected chi connectivity index (χ1v) is 9.89. The van der Waals surface area contributed by atoms with E-state index in [1.54, 1.807) is 30.5 Å². The fourth-order valence-corrected chi connectivity index (χ4v) is 3.94. The minimum absolute atomic E-state index is 0.0208. The van der Waals surface area contributed by atoms with Crippen molar-refractivity contribution in [2.45, 2.75) is 32.2 Å². The summed E-state index contributed by atoms with van der Waals surface area (Å²) in [6.45, 7) is 4.80. The summed E-state index contributed by atoms with van der Waals surface area (Å²) in [5.74, 6) is 0. The Balaban J connectivity index is 1.82. The number of hydrogen-bond acceptors (Lipinski definition) is 6. The van der Waals surface area contributed by atoms with Gasteiger partial charge in [0.2, 0.25) is 0 Å². The van der Waals surface area contributed by atoms with E-state index in [1.807, 2.05) is 6.92 Å². The number of hydrogen-bond donors (Lipinski definition) is 0. The molecule has 0 amide bonds. The molecule has 8 nitrogen and oxygen atoms in total. The number of likely N-dealkylation sites (tertiary alicyclic amines) is 1. The summed E-state index contributed by atoms with van der Waals surface area (Å²) in [4.78, 5) is 30.6. The maximum Gasteiger partial charge on any atom is 0.276 e. The minimum atomic E-state index is -0.436. The molecule has 0 aliphatic carbocycles. The molecule has 1 aliphatic heterocycles. The molecule has 4 rings (SSSR count). The average Bonchev–Trinajstić information content (AvgIpc) is 2.75. The Kier molecular flexibility index (Phi) is 5.35. The number of pyridine rings is 1. The van der Waals surface area contributed by atoms with E-state index in [2.05, 4.69) is 15.0 Å². The second-order valence-corrected chi connectivity index (χ2v) is 7.52. The van der Waals surface area contributed by atoms with Crippen LogP contribution in [0.25, 0.3) is 22.2 Å². The molecule has 0 saturated carbocycles. The maximum absolute atomic E-state index is 13.1. The number of nitro groups is 1. The quantitative estimate of drug-likeness (QED) is 0.487. The minimum Gasteiger partial charge on any atom is -0.301 e. The van der Waals surface area contributed by atoms with Crippen molar-refractivity contribution in [1.82, 2.24) is 19.7 Å². The lowest BCUT2D eigenvalue weighted by Crippen LogP contribution is -2.38. The standard InChI is InChI=1S/C21H23N5O3/c1-15(14-24-11-3-2-4-12-24)25-21(27)18-9-6-10-22-20(18)19(23-25)16-7-5-8-17(13-16)26(28)29/h5-10,13,15H,2-4,11-12,14H2,1H3. The zero-order valence-corrected chi connectivity index (χ0v) is 16.3. The molecule has 150 valence electrons. The molecular weight excluding hydrogens is 370 g/mol. The summed E-state index contributed by atoms with van der Waals surface area (Å²) in [7, 11) is 0. The van der Waals surface area contributed by atoms with E-state index in [9.17, 15) is 14.9 Å². The van der Waals surface area contributed by atoms with Gasteiger partial charge in [0.05, 0.1) is 16.4 Å². The molecule has 2 aromatic heterocycles. The molecule has 3 aromatic rings. The second-order valence-electron chi connectivity index (χ2n) is 7.52. The monoisotopic (exact) mass is 393 g/mol. The number of nitro benzene ring substituents is 1. The van der Waals surface area contributed by atoms with Gasteiger partial charge in [-0.05, 0) is 45.0 Å². The zero-order valence-electron chi connectivity index (χ0n) is 16.3. The Morgan fingerprint density at radius 3 is 2.72 bits per heavy atom. The smallest absolute Gasteiger partial charge is 0.276 e. The highest BCUT2D eigenvalue weighted by Crippen LogP contribution is 2.27.